The van der Waals surface area contributed by atoms with Gasteiger partial charge in [0.25, 0.3) is 0 Å². The topological polar surface area (TPSA) is 62.5 Å². The molecule has 0 radical (unpaired) electrons. The van der Waals surface area contributed by atoms with Crippen LogP contribution >= 0.6 is 0 Å². The SMILES string of the molecule is CC1=NNC(c2nn(-c3cccc(C(F)(F)F)c3)ccc2=O)N1c1ccccc1. The lowest BCUT2D eigenvalue weighted by Crippen LogP contribution is -2.36. The molecule has 1 aliphatic rings. The Bertz CT molecular complexity index is 1120. The number of rotatable bonds is 3. The molecule has 0 amide bonds. The predicted octanol–water partition coefficient (Wildman–Crippen LogP) is 3.69. The highest BCUT2D eigenvalue weighted by atomic mass is 19.4. The lowest BCUT2D eigenvalue weighted by Gasteiger charge is -2.25. The van der Waals surface area contributed by atoms with Gasteiger partial charge >= 0.3 is 6.18 Å². The van der Waals surface area contributed by atoms with Crippen molar-refractivity contribution in [1.82, 2.24) is 15.2 Å². The highest BCUT2D eigenvalue weighted by Gasteiger charge is 2.32. The van der Waals surface area contributed by atoms with Crippen LogP contribution in [0.25, 0.3) is 5.69 Å². The minimum absolute atomic E-state index is 0.120. The van der Waals surface area contributed by atoms with E-state index in [1.165, 1.54) is 29.1 Å². The van der Waals surface area contributed by atoms with Crippen LogP contribution in [-0.2, 0) is 6.18 Å². The molecule has 6 nitrogen and oxygen atoms in total. The molecule has 0 saturated heterocycles. The van der Waals surface area contributed by atoms with Crippen molar-refractivity contribution in [3.63, 3.8) is 0 Å². The minimum Gasteiger partial charge on any atom is -0.301 e. The fourth-order valence-corrected chi connectivity index (χ4v) is 3.14. The van der Waals surface area contributed by atoms with E-state index in [4.69, 9.17) is 0 Å². The van der Waals surface area contributed by atoms with E-state index in [1.54, 1.807) is 11.8 Å². The zero-order valence-corrected chi connectivity index (χ0v) is 15.3. The van der Waals surface area contributed by atoms with E-state index in [-0.39, 0.29) is 16.8 Å². The smallest absolute Gasteiger partial charge is 0.301 e. The number of hydrogen-bond acceptors (Lipinski definition) is 5. The summed E-state index contributed by atoms with van der Waals surface area (Å²) in [5, 5.41) is 8.51. The number of hydrogen-bond donors (Lipinski definition) is 1. The number of hydrazone groups is 1. The second kappa shape index (κ2) is 7.08. The molecule has 0 spiro atoms. The molecule has 1 N–H and O–H groups in total. The Balaban J connectivity index is 1.76. The zero-order chi connectivity index (χ0) is 20.6. The quantitative estimate of drug-likeness (QED) is 0.730. The normalized spacial score (nSPS) is 16.5. The average Bonchev–Trinajstić information content (AvgIpc) is 3.09. The van der Waals surface area contributed by atoms with Crippen molar-refractivity contribution in [2.75, 3.05) is 4.90 Å². The number of amidine groups is 1. The molecular formula is C20H16F3N5O. The summed E-state index contributed by atoms with van der Waals surface area (Å²) in [6.45, 7) is 1.79. The number of benzene rings is 2. The first-order chi connectivity index (χ1) is 13.8. The van der Waals surface area contributed by atoms with E-state index >= 15 is 0 Å². The van der Waals surface area contributed by atoms with E-state index in [0.29, 0.717) is 5.84 Å². The van der Waals surface area contributed by atoms with Gasteiger partial charge in [-0.2, -0.15) is 23.4 Å². The van der Waals surface area contributed by atoms with E-state index in [0.717, 1.165) is 17.8 Å². The van der Waals surface area contributed by atoms with Crippen molar-refractivity contribution in [1.29, 1.82) is 0 Å². The minimum atomic E-state index is -4.47. The molecule has 1 unspecified atom stereocenters. The molecule has 2 aromatic carbocycles. The van der Waals surface area contributed by atoms with Gasteiger partial charge in [-0.05, 0) is 37.3 Å². The Labute approximate surface area is 163 Å². The molecule has 0 saturated carbocycles. The van der Waals surface area contributed by atoms with Gasteiger partial charge in [0.1, 0.15) is 5.84 Å². The van der Waals surface area contributed by atoms with Crippen LogP contribution in [0.15, 0.2) is 76.8 Å². The number of nitrogens with zero attached hydrogens (tertiary/aromatic N) is 4. The van der Waals surface area contributed by atoms with Crippen molar-refractivity contribution in [2.24, 2.45) is 5.10 Å². The van der Waals surface area contributed by atoms with Crippen LogP contribution in [-0.4, -0.2) is 15.6 Å². The number of para-hydroxylation sites is 1. The molecule has 2 heterocycles. The number of halogens is 3. The lowest BCUT2D eigenvalue weighted by molar-refractivity contribution is -0.137. The van der Waals surface area contributed by atoms with Gasteiger partial charge in [0.2, 0.25) is 5.43 Å². The summed E-state index contributed by atoms with van der Waals surface area (Å²) < 4.78 is 40.4. The fraction of sp³-hybridized carbons (Fsp3) is 0.150. The second-order valence-corrected chi connectivity index (χ2v) is 6.45. The maximum atomic E-state index is 13.0. The van der Waals surface area contributed by atoms with Crippen molar-refractivity contribution >= 4 is 11.5 Å². The van der Waals surface area contributed by atoms with E-state index in [9.17, 15) is 18.0 Å². The number of alkyl halides is 3. The third kappa shape index (κ3) is 3.58. The van der Waals surface area contributed by atoms with Gasteiger partial charge in [-0.1, -0.05) is 24.3 Å². The maximum Gasteiger partial charge on any atom is 0.416 e. The molecular weight excluding hydrogens is 383 g/mol. The van der Waals surface area contributed by atoms with Gasteiger partial charge in [-0.25, -0.2) is 4.68 Å². The van der Waals surface area contributed by atoms with Gasteiger partial charge in [0.05, 0.1) is 11.3 Å². The molecule has 0 fully saturated rings. The molecule has 3 aromatic rings. The van der Waals surface area contributed by atoms with Crippen LogP contribution in [0.3, 0.4) is 0 Å². The summed E-state index contributed by atoms with van der Waals surface area (Å²) in [5.41, 5.74) is 2.87. The predicted molar refractivity (Wildman–Crippen MR) is 103 cm³/mol. The number of nitrogens with one attached hydrogen (secondary N) is 1. The van der Waals surface area contributed by atoms with Crippen molar-refractivity contribution in [3.8, 4) is 5.69 Å². The molecule has 148 valence electrons. The largest absolute Gasteiger partial charge is 0.416 e. The molecule has 1 atom stereocenters. The third-order valence-corrected chi connectivity index (χ3v) is 4.52. The number of anilines is 1. The first-order valence-corrected chi connectivity index (χ1v) is 8.76. The standard InChI is InChI=1S/C20H16F3N5O/c1-13-24-25-19(28(13)15-7-3-2-4-8-15)18-17(29)10-11-27(26-18)16-9-5-6-14(12-16)20(21,22)23/h2-12,19,25H,1H3. The molecule has 0 aliphatic carbocycles. The first kappa shape index (κ1) is 18.7. The molecule has 1 aliphatic heterocycles. The molecule has 0 bridgehead atoms. The highest BCUT2D eigenvalue weighted by Crippen LogP contribution is 2.30. The van der Waals surface area contributed by atoms with Crippen LogP contribution in [0.5, 0.6) is 0 Å². The summed E-state index contributed by atoms with van der Waals surface area (Å²) in [6.07, 6.45) is -3.81. The highest BCUT2D eigenvalue weighted by molar-refractivity contribution is 5.97. The summed E-state index contributed by atoms with van der Waals surface area (Å²) >= 11 is 0. The summed E-state index contributed by atoms with van der Waals surface area (Å²) in [5.74, 6) is 0.636. The zero-order valence-electron chi connectivity index (χ0n) is 15.3. The Morgan fingerprint density at radius 3 is 2.45 bits per heavy atom. The summed E-state index contributed by atoms with van der Waals surface area (Å²) in [4.78, 5) is 14.3. The van der Waals surface area contributed by atoms with E-state index in [2.05, 4.69) is 15.6 Å². The number of aromatic nitrogens is 2. The lowest BCUT2D eigenvalue weighted by atomic mass is 10.2. The Morgan fingerprint density at radius 2 is 1.72 bits per heavy atom. The van der Waals surface area contributed by atoms with Gasteiger partial charge in [0, 0.05) is 18.0 Å². The van der Waals surface area contributed by atoms with Crippen molar-refractivity contribution in [3.05, 3.63) is 88.3 Å². The van der Waals surface area contributed by atoms with E-state index < -0.39 is 17.9 Å². The maximum absolute atomic E-state index is 13.0. The summed E-state index contributed by atoms with van der Waals surface area (Å²) in [6, 6.07) is 15.4. The summed E-state index contributed by atoms with van der Waals surface area (Å²) in [7, 11) is 0. The fourth-order valence-electron chi connectivity index (χ4n) is 3.14. The Hall–Kier alpha value is -3.62. The third-order valence-electron chi connectivity index (χ3n) is 4.52. The molecule has 9 heteroatoms. The second-order valence-electron chi connectivity index (χ2n) is 6.45. The average molecular weight is 399 g/mol. The van der Waals surface area contributed by atoms with Crippen LogP contribution in [0.2, 0.25) is 0 Å². The van der Waals surface area contributed by atoms with Crippen LogP contribution in [0.1, 0.15) is 24.3 Å². The van der Waals surface area contributed by atoms with Gasteiger partial charge in [0.15, 0.2) is 11.9 Å². The van der Waals surface area contributed by atoms with Crippen LogP contribution in [0.4, 0.5) is 18.9 Å². The van der Waals surface area contributed by atoms with Gasteiger partial charge in [-0.15, -0.1) is 0 Å². The Kier molecular flexibility index (Phi) is 4.57. The van der Waals surface area contributed by atoms with Gasteiger partial charge in [-0.3, -0.25) is 10.2 Å². The van der Waals surface area contributed by atoms with Crippen LogP contribution in [0, 0.1) is 0 Å². The molecule has 29 heavy (non-hydrogen) atoms. The first-order valence-electron chi connectivity index (χ1n) is 8.76. The van der Waals surface area contributed by atoms with Crippen molar-refractivity contribution < 1.29 is 13.2 Å². The van der Waals surface area contributed by atoms with E-state index in [1.807, 2.05) is 30.3 Å². The monoisotopic (exact) mass is 399 g/mol. The Morgan fingerprint density at radius 1 is 1.00 bits per heavy atom. The van der Waals surface area contributed by atoms with Gasteiger partial charge < -0.3 is 4.90 Å². The molecule has 4 rings (SSSR count). The molecule has 1 aromatic heterocycles. The van der Waals surface area contributed by atoms with Crippen molar-refractivity contribution in [2.45, 2.75) is 19.3 Å². The van der Waals surface area contributed by atoms with Crippen LogP contribution < -0.4 is 15.8 Å².